The van der Waals surface area contributed by atoms with Crippen LogP contribution in [0.3, 0.4) is 0 Å². The van der Waals surface area contributed by atoms with Gasteiger partial charge in [0.05, 0.1) is 0 Å². The summed E-state index contributed by atoms with van der Waals surface area (Å²) in [4.78, 5) is 4.95. The van der Waals surface area contributed by atoms with E-state index in [1.165, 1.54) is 49.7 Å². The minimum Gasteiger partial charge on any atom is -0.352 e. The van der Waals surface area contributed by atoms with Gasteiger partial charge in [-0.3, -0.25) is 4.90 Å². The van der Waals surface area contributed by atoms with Crippen LogP contribution in [0.4, 0.5) is 0 Å². The van der Waals surface area contributed by atoms with Gasteiger partial charge >= 0.3 is 0 Å². The first-order chi connectivity index (χ1) is 9.08. The van der Waals surface area contributed by atoms with E-state index in [1.54, 1.807) is 0 Å². The number of piperazine rings is 1. The van der Waals surface area contributed by atoms with E-state index in [9.17, 15) is 0 Å². The Hall–Kier alpha value is -0.840. The summed E-state index contributed by atoms with van der Waals surface area (Å²) >= 11 is 0. The summed E-state index contributed by atoms with van der Waals surface area (Å²) in [5.41, 5.74) is 4.15. The predicted molar refractivity (Wildman–Crippen MR) is 80.5 cm³/mol. The van der Waals surface area contributed by atoms with Crippen molar-refractivity contribution in [2.75, 3.05) is 46.3 Å². The average Bonchev–Trinajstić information content (AvgIpc) is 2.64. The smallest absolute Gasteiger partial charge is 0.0223 e. The summed E-state index contributed by atoms with van der Waals surface area (Å²) in [6.07, 6.45) is 0. The summed E-state index contributed by atoms with van der Waals surface area (Å²) in [6, 6.07) is 2.29. The van der Waals surface area contributed by atoms with Crippen LogP contribution in [-0.4, -0.2) is 60.7 Å². The molecule has 2 rings (SSSR count). The lowest BCUT2D eigenvalue weighted by Crippen LogP contribution is -2.46. The quantitative estimate of drug-likeness (QED) is 0.802. The Morgan fingerprint density at radius 3 is 2.37 bits per heavy atom. The van der Waals surface area contributed by atoms with Crippen LogP contribution in [0.25, 0.3) is 0 Å². The lowest BCUT2D eigenvalue weighted by molar-refractivity contribution is 0.154. The molecule has 0 aliphatic carbocycles. The Balaban J connectivity index is 1.68. The van der Waals surface area contributed by atoms with Crippen LogP contribution < -0.4 is 5.32 Å². The molecule has 1 aliphatic rings. The van der Waals surface area contributed by atoms with Crippen molar-refractivity contribution in [3.05, 3.63) is 23.0 Å². The molecule has 0 amide bonds. The lowest BCUT2D eigenvalue weighted by Gasteiger charge is -2.32. The van der Waals surface area contributed by atoms with E-state index >= 15 is 0 Å². The van der Waals surface area contributed by atoms with E-state index in [2.05, 4.69) is 53.7 Å². The maximum absolute atomic E-state index is 3.57. The molecule has 0 unspecified atom stereocenters. The van der Waals surface area contributed by atoms with Gasteiger partial charge in [-0.05, 0) is 32.5 Å². The molecule has 0 saturated carbocycles. The summed E-state index contributed by atoms with van der Waals surface area (Å²) in [7, 11) is 4.34. The van der Waals surface area contributed by atoms with E-state index < -0.39 is 0 Å². The maximum atomic E-state index is 3.57. The molecule has 2 heterocycles. The third-order valence-electron chi connectivity index (χ3n) is 4.40. The number of likely N-dealkylation sites (N-methyl/N-ethyl adjacent to an activating group) is 1. The van der Waals surface area contributed by atoms with Gasteiger partial charge in [0, 0.05) is 64.2 Å². The Labute approximate surface area is 117 Å². The number of hydrogen-bond donors (Lipinski definition) is 1. The van der Waals surface area contributed by atoms with Crippen molar-refractivity contribution in [1.82, 2.24) is 19.7 Å². The van der Waals surface area contributed by atoms with Crippen LogP contribution in [0.2, 0.25) is 0 Å². The van der Waals surface area contributed by atoms with Crippen molar-refractivity contribution in [2.24, 2.45) is 7.05 Å². The summed E-state index contributed by atoms with van der Waals surface area (Å²) in [5, 5.41) is 3.57. The van der Waals surface area contributed by atoms with Crippen molar-refractivity contribution in [2.45, 2.75) is 20.4 Å². The highest BCUT2D eigenvalue weighted by Crippen LogP contribution is 2.12. The van der Waals surface area contributed by atoms with Gasteiger partial charge in [-0.15, -0.1) is 0 Å². The highest BCUT2D eigenvalue weighted by molar-refractivity contribution is 5.26. The maximum Gasteiger partial charge on any atom is 0.0223 e. The second-order valence-electron chi connectivity index (χ2n) is 5.78. The molecule has 0 aromatic carbocycles. The third kappa shape index (κ3) is 3.81. The number of nitrogens with zero attached hydrogens (tertiary/aromatic N) is 3. The Bertz CT molecular complexity index is 403. The first-order valence-corrected chi connectivity index (χ1v) is 7.31. The molecule has 1 aromatic heterocycles. The van der Waals surface area contributed by atoms with Crippen molar-refractivity contribution in [1.29, 1.82) is 0 Å². The van der Waals surface area contributed by atoms with Crippen molar-refractivity contribution >= 4 is 0 Å². The molecule has 1 aromatic rings. The molecular formula is C15H28N4. The van der Waals surface area contributed by atoms with Gasteiger partial charge in [-0.25, -0.2) is 0 Å². The molecule has 0 bridgehead atoms. The van der Waals surface area contributed by atoms with Gasteiger partial charge in [0.2, 0.25) is 0 Å². The molecule has 1 N–H and O–H groups in total. The molecular weight excluding hydrogens is 236 g/mol. The molecule has 4 nitrogen and oxygen atoms in total. The second kappa shape index (κ2) is 6.55. The minimum atomic E-state index is 0.987. The van der Waals surface area contributed by atoms with E-state index in [0.29, 0.717) is 0 Å². The highest BCUT2D eigenvalue weighted by atomic mass is 15.2. The zero-order valence-corrected chi connectivity index (χ0v) is 12.9. The van der Waals surface area contributed by atoms with Crippen molar-refractivity contribution in [3.63, 3.8) is 0 Å². The van der Waals surface area contributed by atoms with E-state index in [4.69, 9.17) is 0 Å². The summed E-state index contributed by atoms with van der Waals surface area (Å²) in [5.74, 6) is 0. The van der Waals surface area contributed by atoms with Crippen LogP contribution in [-0.2, 0) is 13.6 Å². The fourth-order valence-electron chi connectivity index (χ4n) is 2.64. The molecule has 1 fully saturated rings. The summed E-state index contributed by atoms with van der Waals surface area (Å²) < 4.78 is 2.26. The minimum absolute atomic E-state index is 0.987. The molecule has 108 valence electrons. The van der Waals surface area contributed by atoms with Gasteiger partial charge in [-0.1, -0.05) is 0 Å². The Morgan fingerprint density at radius 1 is 1.11 bits per heavy atom. The van der Waals surface area contributed by atoms with Crippen LogP contribution in [0.1, 0.15) is 17.0 Å². The highest BCUT2D eigenvalue weighted by Gasteiger charge is 2.12. The van der Waals surface area contributed by atoms with E-state index in [0.717, 1.165) is 13.1 Å². The van der Waals surface area contributed by atoms with E-state index in [1.807, 2.05) is 0 Å². The van der Waals surface area contributed by atoms with Crippen LogP contribution in [0, 0.1) is 13.8 Å². The monoisotopic (exact) mass is 264 g/mol. The third-order valence-corrected chi connectivity index (χ3v) is 4.40. The summed E-state index contributed by atoms with van der Waals surface area (Å²) in [6.45, 7) is 12.4. The second-order valence-corrected chi connectivity index (χ2v) is 5.78. The fraction of sp³-hybridized carbons (Fsp3) is 0.733. The number of aromatic nitrogens is 1. The Morgan fingerprint density at radius 2 is 1.79 bits per heavy atom. The molecule has 1 aliphatic heterocycles. The normalized spacial score (nSPS) is 18.1. The van der Waals surface area contributed by atoms with Crippen molar-refractivity contribution in [3.8, 4) is 0 Å². The topological polar surface area (TPSA) is 23.4 Å². The molecule has 0 atom stereocenters. The fourth-order valence-corrected chi connectivity index (χ4v) is 2.64. The zero-order valence-electron chi connectivity index (χ0n) is 12.9. The number of rotatable bonds is 5. The van der Waals surface area contributed by atoms with E-state index in [-0.39, 0.29) is 0 Å². The first-order valence-electron chi connectivity index (χ1n) is 7.31. The molecule has 1 saturated heterocycles. The SMILES string of the molecule is Cc1cc(CNCCN2CCN(C)CC2)c(C)n1C. The standard InChI is InChI=1S/C15H28N4/c1-13-11-15(14(2)18(13)4)12-16-5-6-19-9-7-17(3)8-10-19/h11,16H,5-10,12H2,1-4H3. The van der Waals surface area contributed by atoms with Crippen molar-refractivity contribution < 1.29 is 0 Å². The first kappa shape index (κ1) is 14.6. The number of hydrogen-bond acceptors (Lipinski definition) is 3. The van der Waals surface area contributed by atoms with Crippen LogP contribution >= 0.6 is 0 Å². The van der Waals surface area contributed by atoms with Gasteiger partial charge in [0.15, 0.2) is 0 Å². The molecule has 19 heavy (non-hydrogen) atoms. The Kier molecular flexibility index (Phi) is 5.02. The molecule has 4 heteroatoms. The zero-order chi connectivity index (χ0) is 13.8. The van der Waals surface area contributed by atoms with Gasteiger partial charge in [0.1, 0.15) is 0 Å². The largest absolute Gasteiger partial charge is 0.352 e. The average molecular weight is 264 g/mol. The lowest BCUT2D eigenvalue weighted by atomic mass is 10.2. The predicted octanol–water partition coefficient (Wildman–Crippen LogP) is 0.979. The van der Waals surface area contributed by atoms with Gasteiger partial charge in [0.25, 0.3) is 0 Å². The van der Waals surface area contributed by atoms with Gasteiger partial charge in [-0.2, -0.15) is 0 Å². The number of nitrogens with one attached hydrogen (secondary N) is 1. The molecule has 0 spiro atoms. The van der Waals surface area contributed by atoms with Crippen LogP contribution in [0.15, 0.2) is 6.07 Å². The number of aryl methyl sites for hydroxylation is 1. The van der Waals surface area contributed by atoms with Crippen LogP contribution in [0.5, 0.6) is 0 Å². The van der Waals surface area contributed by atoms with Gasteiger partial charge < -0.3 is 14.8 Å². The molecule has 0 radical (unpaired) electrons.